The topological polar surface area (TPSA) is 43.1 Å². The van der Waals surface area contributed by atoms with Crippen LogP contribution in [-0.4, -0.2) is 12.3 Å². The molecule has 88 valence electrons. The third-order valence-electron chi connectivity index (χ3n) is 3.16. The first kappa shape index (κ1) is 12.9. The van der Waals surface area contributed by atoms with E-state index < -0.39 is 0 Å². The molecule has 1 atom stereocenters. The van der Waals surface area contributed by atoms with Gasteiger partial charge >= 0.3 is 0 Å². The summed E-state index contributed by atoms with van der Waals surface area (Å²) >= 11 is 0. The third kappa shape index (κ3) is 2.92. The van der Waals surface area contributed by atoms with E-state index in [0.29, 0.717) is 6.54 Å². The van der Waals surface area contributed by atoms with Gasteiger partial charge in [-0.3, -0.25) is 4.79 Å². The number of Topliss-reactive ketones (excluding diaryl/α,β-unsaturated/α-hetero) is 1. The van der Waals surface area contributed by atoms with Crippen molar-refractivity contribution < 1.29 is 4.79 Å². The van der Waals surface area contributed by atoms with Gasteiger partial charge in [0.1, 0.15) is 0 Å². The predicted molar refractivity (Wildman–Crippen MR) is 67.7 cm³/mol. The minimum Gasteiger partial charge on any atom is -0.330 e. The van der Waals surface area contributed by atoms with Crippen LogP contribution in [0.5, 0.6) is 0 Å². The van der Waals surface area contributed by atoms with Crippen LogP contribution >= 0.6 is 0 Å². The highest BCUT2D eigenvalue weighted by Gasteiger charge is 2.16. The molecule has 0 saturated carbocycles. The van der Waals surface area contributed by atoms with Gasteiger partial charge in [0.25, 0.3) is 0 Å². The molecule has 1 unspecified atom stereocenters. The van der Waals surface area contributed by atoms with E-state index in [-0.39, 0.29) is 11.7 Å². The molecule has 0 aliphatic rings. The van der Waals surface area contributed by atoms with Gasteiger partial charge in [-0.2, -0.15) is 0 Å². The molecule has 0 aromatic heterocycles. The number of hydrogen-bond donors (Lipinski definition) is 1. The summed E-state index contributed by atoms with van der Waals surface area (Å²) in [6.07, 6.45) is 1.79. The molecule has 0 aliphatic carbocycles. The molecule has 0 bridgehead atoms. The second-order valence-electron chi connectivity index (χ2n) is 4.44. The van der Waals surface area contributed by atoms with Gasteiger partial charge < -0.3 is 5.73 Å². The lowest BCUT2D eigenvalue weighted by Gasteiger charge is -2.13. The van der Waals surface area contributed by atoms with E-state index in [9.17, 15) is 4.79 Å². The highest BCUT2D eigenvalue weighted by molar-refractivity contribution is 5.99. The fourth-order valence-electron chi connectivity index (χ4n) is 1.84. The van der Waals surface area contributed by atoms with E-state index in [4.69, 9.17) is 5.73 Å². The summed E-state index contributed by atoms with van der Waals surface area (Å²) in [4.78, 5) is 12.2. The lowest BCUT2D eigenvalue weighted by Crippen LogP contribution is -2.14. The maximum Gasteiger partial charge on any atom is 0.165 e. The zero-order chi connectivity index (χ0) is 12.1. The highest BCUT2D eigenvalue weighted by atomic mass is 16.1. The van der Waals surface area contributed by atoms with Crippen LogP contribution < -0.4 is 5.73 Å². The van der Waals surface area contributed by atoms with Gasteiger partial charge in [-0.1, -0.05) is 25.1 Å². The Bertz CT molecular complexity index is 371. The highest BCUT2D eigenvalue weighted by Crippen LogP contribution is 2.19. The van der Waals surface area contributed by atoms with E-state index in [1.165, 1.54) is 5.56 Å². The van der Waals surface area contributed by atoms with Crippen molar-refractivity contribution in [3.05, 3.63) is 34.9 Å². The Hall–Kier alpha value is -1.15. The van der Waals surface area contributed by atoms with Gasteiger partial charge in [0.15, 0.2) is 5.78 Å². The zero-order valence-corrected chi connectivity index (χ0v) is 10.4. The first-order valence-electron chi connectivity index (χ1n) is 5.88. The van der Waals surface area contributed by atoms with Crippen molar-refractivity contribution in [1.29, 1.82) is 0 Å². The molecule has 0 amide bonds. The number of benzene rings is 1. The fraction of sp³-hybridized carbons (Fsp3) is 0.500. The molecule has 0 heterocycles. The van der Waals surface area contributed by atoms with E-state index in [0.717, 1.165) is 24.0 Å². The monoisotopic (exact) mass is 219 g/mol. The number of carbonyl (C=O) groups is 1. The smallest absolute Gasteiger partial charge is 0.165 e. The van der Waals surface area contributed by atoms with Gasteiger partial charge in [-0.05, 0) is 44.4 Å². The molecular formula is C14H21NO. The Morgan fingerprint density at radius 1 is 1.38 bits per heavy atom. The summed E-state index contributed by atoms with van der Waals surface area (Å²) in [6.45, 7) is 6.69. The summed E-state index contributed by atoms with van der Waals surface area (Å²) in [5.74, 6) is 0.318. The Morgan fingerprint density at radius 2 is 2.06 bits per heavy atom. The Labute approximate surface area is 97.9 Å². The van der Waals surface area contributed by atoms with E-state index in [2.05, 4.69) is 0 Å². The molecule has 1 rings (SSSR count). The van der Waals surface area contributed by atoms with Gasteiger partial charge in [0.2, 0.25) is 0 Å². The van der Waals surface area contributed by atoms with Crippen LogP contribution in [0.1, 0.15) is 41.3 Å². The van der Waals surface area contributed by atoms with Crippen molar-refractivity contribution in [2.24, 2.45) is 11.7 Å². The SMILES string of the molecule is Cc1cccc(C(=O)C(C)CCCN)c1C. The average Bonchev–Trinajstić information content (AvgIpc) is 2.28. The van der Waals surface area contributed by atoms with Crippen LogP contribution in [0.4, 0.5) is 0 Å². The first-order chi connectivity index (χ1) is 7.57. The maximum atomic E-state index is 12.2. The second-order valence-corrected chi connectivity index (χ2v) is 4.44. The van der Waals surface area contributed by atoms with Gasteiger partial charge in [0.05, 0.1) is 0 Å². The molecule has 0 radical (unpaired) electrons. The van der Waals surface area contributed by atoms with Gasteiger partial charge in [0, 0.05) is 11.5 Å². The minimum absolute atomic E-state index is 0.0732. The molecular weight excluding hydrogens is 198 g/mol. The average molecular weight is 219 g/mol. The van der Waals surface area contributed by atoms with Gasteiger partial charge in [-0.25, -0.2) is 0 Å². The quantitative estimate of drug-likeness (QED) is 0.774. The number of rotatable bonds is 5. The van der Waals surface area contributed by atoms with Crippen molar-refractivity contribution in [2.75, 3.05) is 6.54 Å². The van der Waals surface area contributed by atoms with E-state index >= 15 is 0 Å². The largest absolute Gasteiger partial charge is 0.330 e. The summed E-state index contributed by atoms with van der Waals surface area (Å²) < 4.78 is 0. The molecule has 16 heavy (non-hydrogen) atoms. The van der Waals surface area contributed by atoms with E-state index in [1.807, 2.05) is 39.0 Å². The molecule has 2 N–H and O–H groups in total. The number of aryl methyl sites for hydroxylation is 1. The molecule has 0 spiro atoms. The summed E-state index contributed by atoms with van der Waals surface area (Å²) in [5, 5.41) is 0. The van der Waals surface area contributed by atoms with Gasteiger partial charge in [-0.15, -0.1) is 0 Å². The number of carbonyl (C=O) groups excluding carboxylic acids is 1. The summed E-state index contributed by atoms with van der Waals surface area (Å²) in [6, 6.07) is 5.91. The molecule has 0 aliphatic heterocycles. The lowest BCUT2D eigenvalue weighted by molar-refractivity contribution is 0.0922. The Balaban J connectivity index is 2.84. The van der Waals surface area contributed by atoms with Crippen LogP contribution in [0.15, 0.2) is 18.2 Å². The normalized spacial score (nSPS) is 12.5. The summed E-state index contributed by atoms with van der Waals surface area (Å²) in [5.41, 5.74) is 8.61. The molecule has 0 saturated heterocycles. The Kier molecular flexibility index (Phi) is 4.69. The Morgan fingerprint density at radius 3 is 2.69 bits per heavy atom. The predicted octanol–water partition coefficient (Wildman–Crippen LogP) is 2.86. The van der Waals surface area contributed by atoms with Crippen molar-refractivity contribution in [3.63, 3.8) is 0 Å². The number of ketones is 1. The third-order valence-corrected chi connectivity index (χ3v) is 3.16. The minimum atomic E-state index is 0.0732. The molecule has 0 fully saturated rings. The lowest BCUT2D eigenvalue weighted by atomic mass is 9.91. The molecule has 1 aromatic carbocycles. The molecule has 2 nitrogen and oxygen atoms in total. The van der Waals surface area contributed by atoms with Crippen LogP contribution in [0.2, 0.25) is 0 Å². The van der Waals surface area contributed by atoms with Crippen molar-refractivity contribution in [2.45, 2.75) is 33.6 Å². The summed E-state index contributed by atoms with van der Waals surface area (Å²) in [7, 11) is 0. The van der Waals surface area contributed by atoms with Crippen molar-refractivity contribution >= 4 is 5.78 Å². The fourth-order valence-corrected chi connectivity index (χ4v) is 1.84. The van der Waals surface area contributed by atoms with Crippen LogP contribution in [0.3, 0.4) is 0 Å². The first-order valence-corrected chi connectivity index (χ1v) is 5.88. The van der Waals surface area contributed by atoms with Crippen LogP contribution in [-0.2, 0) is 0 Å². The standard InChI is InChI=1S/C14H21NO/c1-10-6-4-8-13(12(10)3)14(16)11(2)7-5-9-15/h4,6,8,11H,5,7,9,15H2,1-3H3. The van der Waals surface area contributed by atoms with Crippen LogP contribution in [0, 0.1) is 19.8 Å². The zero-order valence-electron chi connectivity index (χ0n) is 10.4. The second kappa shape index (κ2) is 5.80. The molecule has 1 aromatic rings. The van der Waals surface area contributed by atoms with E-state index in [1.54, 1.807) is 0 Å². The van der Waals surface area contributed by atoms with Crippen molar-refractivity contribution in [3.8, 4) is 0 Å². The number of hydrogen-bond acceptors (Lipinski definition) is 2. The number of nitrogens with two attached hydrogens (primary N) is 1. The molecule has 2 heteroatoms. The van der Waals surface area contributed by atoms with Crippen molar-refractivity contribution in [1.82, 2.24) is 0 Å². The van der Waals surface area contributed by atoms with Crippen LogP contribution in [0.25, 0.3) is 0 Å². The maximum absolute atomic E-state index is 12.2.